The average Bonchev–Trinajstić information content (AvgIpc) is 2.36. The number of likely N-dealkylation sites (N-methyl/N-ethyl adjacent to an activating group) is 1. The molecule has 0 fully saturated rings. The van der Waals surface area contributed by atoms with Gasteiger partial charge >= 0.3 is 0 Å². The zero-order valence-corrected chi connectivity index (χ0v) is 11.6. The van der Waals surface area contributed by atoms with Crippen LogP contribution in [0, 0.1) is 0 Å². The van der Waals surface area contributed by atoms with Gasteiger partial charge in [-0.05, 0) is 43.8 Å². The Morgan fingerprint density at radius 3 is 2.29 bits per heavy atom. The molecule has 0 aromatic heterocycles. The van der Waals surface area contributed by atoms with Crippen molar-refractivity contribution in [3.63, 3.8) is 0 Å². The quantitative estimate of drug-likeness (QED) is 0.718. The average molecular weight is 255 g/mol. The summed E-state index contributed by atoms with van der Waals surface area (Å²) in [5.74, 6) is 0. The van der Waals surface area contributed by atoms with Gasteiger partial charge in [-0.2, -0.15) is 0 Å². The molecule has 0 aliphatic rings. The van der Waals surface area contributed by atoms with Crippen LogP contribution in [0.5, 0.6) is 0 Å². The molecule has 0 atom stereocenters. The summed E-state index contributed by atoms with van der Waals surface area (Å²) >= 11 is 5.84. The Bertz CT molecular complexity index is 294. The highest BCUT2D eigenvalue weighted by molar-refractivity contribution is 6.30. The lowest BCUT2D eigenvalue weighted by Crippen LogP contribution is -2.32. The minimum Gasteiger partial charge on any atom is -0.315 e. The largest absolute Gasteiger partial charge is 0.315 e. The van der Waals surface area contributed by atoms with Crippen LogP contribution in [0.3, 0.4) is 0 Å². The van der Waals surface area contributed by atoms with Gasteiger partial charge in [0, 0.05) is 18.1 Å². The van der Waals surface area contributed by atoms with Gasteiger partial charge in [0.1, 0.15) is 0 Å². The molecule has 17 heavy (non-hydrogen) atoms. The highest BCUT2D eigenvalue weighted by Crippen LogP contribution is 2.09. The highest BCUT2D eigenvalue weighted by Gasteiger charge is 1.97. The lowest BCUT2D eigenvalue weighted by atomic mass is 10.1. The van der Waals surface area contributed by atoms with Crippen molar-refractivity contribution in [1.82, 2.24) is 10.2 Å². The van der Waals surface area contributed by atoms with E-state index < -0.39 is 0 Å². The maximum atomic E-state index is 5.84. The second-order valence-electron chi connectivity index (χ2n) is 4.15. The van der Waals surface area contributed by atoms with Crippen molar-refractivity contribution in [3.05, 3.63) is 34.9 Å². The maximum Gasteiger partial charge on any atom is 0.0406 e. The smallest absolute Gasteiger partial charge is 0.0406 e. The highest BCUT2D eigenvalue weighted by atomic mass is 35.5. The van der Waals surface area contributed by atoms with Gasteiger partial charge in [0.05, 0.1) is 0 Å². The summed E-state index contributed by atoms with van der Waals surface area (Å²) < 4.78 is 0. The molecular weight excluding hydrogens is 232 g/mol. The number of halogens is 1. The van der Waals surface area contributed by atoms with E-state index in [4.69, 9.17) is 11.6 Å². The van der Waals surface area contributed by atoms with Crippen LogP contribution in [0.2, 0.25) is 5.02 Å². The van der Waals surface area contributed by atoms with Gasteiger partial charge in [0.2, 0.25) is 0 Å². The lowest BCUT2D eigenvalue weighted by Gasteiger charge is -2.17. The third-order valence-electron chi connectivity index (χ3n) is 3.00. The van der Waals surface area contributed by atoms with Gasteiger partial charge in [-0.1, -0.05) is 37.6 Å². The van der Waals surface area contributed by atoms with Crippen molar-refractivity contribution in [1.29, 1.82) is 0 Å². The van der Waals surface area contributed by atoms with E-state index in [-0.39, 0.29) is 0 Å². The first-order valence-electron chi connectivity index (χ1n) is 6.43. The van der Waals surface area contributed by atoms with E-state index in [0.717, 1.165) is 44.2 Å². The molecule has 1 aromatic rings. The minimum atomic E-state index is 0.809. The van der Waals surface area contributed by atoms with Crippen LogP contribution in [0.1, 0.15) is 19.4 Å². The summed E-state index contributed by atoms with van der Waals surface area (Å²) in [5.41, 5.74) is 1.34. The first-order valence-corrected chi connectivity index (χ1v) is 6.81. The van der Waals surface area contributed by atoms with Crippen LogP contribution < -0.4 is 5.32 Å². The molecule has 1 aromatic carbocycles. The van der Waals surface area contributed by atoms with Gasteiger partial charge < -0.3 is 10.2 Å². The number of nitrogens with one attached hydrogen (secondary N) is 1. The first-order chi connectivity index (χ1) is 8.26. The molecular formula is C14H23ClN2. The number of rotatable bonds is 8. The fraction of sp³-hybridized carbons (Fsp3) is 0.571. The Morgan fingerprint density at radius 1 is 1.06 bits per heavy atom. The summed E-state index contributed by atoms with van der Waals surface area (Å²) in [6.45, 7) is 9.91. The molecule has 0 radical (unpaired) electrons. The third-order valence-corrected chi connectivity index (χ3v) is 3.25. The Kier molecular flexibility index (Phi) is 7.25. The second kappa shape index (κ2) is 8.51. The molecule has 0 amide bonds. The first kappa shape index (κ1) is 14.5. The topological polar surface area (TPSA) is 15.3 Å². The summed E-state index contributed by atoms with van der Waals surface area (Å²) in [6, 6.07) is 8.09. The van der Waals surface area contributed by atoms with Crippen molar-refractivity contribution in [2.24, 2.45) is 0 Å². The molecule has 1 N–H and O–H groups in total. The molecule has 3 heteroatoms. The summed E-state index contributed by atoms with van der Waals surface area (Å²) in [4.78, 5) is 2.43. The van der Waals surface area contributed by atoms with Crippen LogP contribution in [0.4, 0.5) is 0 Å². The summed E-state index contributed by atoms with van der Waals surface area (Å²) in [6.07, 6.45) is 1.06. The lowest BCUT2D eigenvalue weighted by molar-refractivity contribution is 0.303. The SMILES string of the molecule is CCN(CC)CCNCCc1ccc(Cl)cc1. The van der Waals surface area contributed by atoms with Crippen LogP contribution in [0.15, 0.2) is 24.3 Å². The van der Waals surface area contributed by atoms with Crippen molar-refractivity contribution in [2.45, 2.75) is 20.3 Å². The molecule has 0 spiro atoms. The third kappa shape index (κ3) is 6.06. The second-order valence-corrected chi connectivity index (χ2v) is 4.59. The number of hydrogen-bond acceptors (Lipinski definition) is 2. The molecule has 0 aliphatic carbocycles. The van der Waals surface area contributed by atoms with Crippen molar-refractivity contribution >= 4 is 11.6 Å². The van der Waals surface area contributed by atoms with Crippen molar-refractivity contribution in [2.75, 3.05) is 32.7 Å². The number of nitrogens with zero attached hydrogens (tertiary/aromatic N) is 1. The Hall–Kier alpha value is -0.570. The van der Waals surface area contributed by atoms with E-state index in [2.05, 4.69) is 36.2 Å². The zero-order valence-electron chi connectivity index (χ0n) is 10.9. The van der Waals surface area contributed by atoms with Crippen LogP contribution >= 0.6 is 11.6 Å². The van der Waals surface area contributed by atoms with Crippen LogP contribution in [0.25, 0.3) is 0 Å². The molecule has 0 heterocycles. The zero-order chi connectivity index (χ0) is 12.5. The molecule has 0 saturated heterocycles. The molecule has 2 nitrogen and oxygen atoms in total. The summed E-state index contributed by atoms with van der Waals surface area (Å²) in [7, 11) is 0. The van der Waals surface area contributed by atoms with E-state index >= 15 is 0 Å². The van der Waals surface area contributed by atoms with E-state index in [0.29, 0.717) is 0 Å². The van der Waals surface area contributed by atoms with E-state index in [1.807, 2.05) is 12.1 Å². The number of hydrogen-bond donors (Lipinski definition) is 1. The Balaban J connectivity index is 2.10. The molecule has 96 valence electrons. The minimum absolute atomic E-state index is 0.809. The normalized spacial score (nSPS) is 11.1. The van der Waals surface area contributed by atoms with Gasteiger partial charge in [0.15, 0.2) is 0 Å². The standard InChI is InChI=1S/C14H23ClN2/c1-3-17(4-2)12-11-16-10-9-13-5-7-14(15)8-6-13/h5-8,16H,3-4,9-12H2,1-2H3. The van der Waals surface area contributed by atoms with Gasteiger partial charge in [-0.25, -0.2) is 0 Å². The summed E-state index contributed by atoms with van der Waals surface area (Å²) in [5, 5.41) is 4.28. The monoisotopic (exact) mass is 254 g/mol. The number of benzene rings is 1. The van der Waals surface area contributed by atoms with Crippen molar-refractivity contribution in [3.8, 4) is 0 Å². The Morgan fingerprint density at radius 2 is 1.71 bits per heavy atom. The Labute approximate surface area is 110 Å². The van der Waals surface area contributed by atoms with E-state index in [1.165, 1.54) is 5.56 Å². The van der Waals surface area contributed by atoms with Gasteiger partial charge in [-0.3, -0.25) is 0 Å². The van der Waals surface area contributed by atoms with Gasteiger partial charge in [-0.15, -0.1) is 0 Å². The van der Waals surface area contributed by atoms with E-state index in [1.54, 1.807) is 0 Å². The predicted molar refractivity (Wildman–Crippen MR) is 75.8 cm³/mol. The fourth-order valence-corrected chi connectivity index (χ4v) is 1.91. The molecule has 1 rings (SSSR count). The van der Waals surface area contributed by atoms with E-state index in [9.17, 15) is 0 Å². The van der Waals surface area contributed by atoms with Gasteiger partial charge in [0.25, 0.3) is 0 Å². The van der Waals surface area contributed by atoms with Crippen LogP contribution in [-0.4, -0.2) is 37.6 Å². The van der Waals surface area contributed by atoms with Crippen molar-refractivity contribution < 1.29 is 0 Å². The molecule has 0 bridgehead atoms. The molecule has 0 unspecified atom stereocenters. The molecule has 0 aliphatic heterocycles. The molecule has 0 saturated carbocycles. The predicted octanol–water partition coefficient (Wildman–Crippen LogP) is 2.81. The maximum absolute atomic E-state index is 5.84. The fourth-order valence-electron chi connectivity index (χ4n) is 1.79. The van der Waals surface area contributed by atoms with Crippen LogP contribution in [-0.2, 0) is 6.42 Å².